The summed E-state index contributed by atoms with van der Waals surface area (Å²) in [5, 5.41) is 23.1. The molecule has 0 aliphatic carbocycles. The maximum Gasteiger partial charge on any atom is 0.144 e. The number of nitrogens with one attached hydrogen (secondary N) is 1. The number of halogens is 1. The average molecular weight is 395 g/mol. The number of hydrogen-bond donors (Lipinski definition) is 2. The first-order valence-corrected chi connectivity index (χ1v) is 9.57. The molecule has 138 valence electrons. The normalized spacial score (nSPS) is 11.0. The molecule has 0 aliphatic heterocycles. The van der Waals surface area contributed by atoms with E-state index in [-0.39, 0.29) is 11.3 Å². The molecule has 1 heterocycles. The first-order chi connectivity index (χ1) is 14.2. The van der Waals surface area contributed by atoms with E-state index in [0.29, 0.717) is 16.0 Å². The highest BCUT2D eigenvalue weighted by Gasteiger charge is 2.24. The number of benzene rings is 4. The Morgan fingerprint density at radius 3 is 2.07 bits per heavy atom. The molecule has 0 radical (unpaired) electrons. The number of nitrogens with zero attached hydrogens (tertiary/aromatic N) is 1. The third-order valence-corrected chi connectivity index (χ3v) is 5.46. The van der Waals surface area contributed by atoms with Gasteiger partial charge in [-0.1, -0.05) is 72.3 Å². The van der Waals surface area contributed by atoms with Gasteiger partial charge in [0, 0.05) is 27.1 Å². The minimum atomic E-state index is -0.0328. The van der Waals surface area contributed by atoms with Crippen molar-refractivity contribution < 1.29 is 5.11 Å². The van der Waals surface area contributed by atoms with Crippen LogP contribution in [-0.2, 0) is 0 Å². The zero-order chi connectivity index (χ0) is 20.0. The average Bonchev–Trinajstić information content (AvgIpc) is 3.13. The lowest BCUT2D eigenvalue weighted by molar-refractivity contribution is 0.480. The Labute approximate surface area is 172 Å². The number of phenols is 1. The zero-order valence-electron chi connectivity index (χ0n) is 15.3. The summed E-state index contributed by atoms with van der Waals surface area (Å²) < 4.78 is 0. The lowest BCUT2D eigenvalue weighted by atomic mass is 9.88. The molecule has 0 saturated heterocycles. The van der Waals surface area contributed by atoms with E-state index in [9.17, 15) is 10.4 Å². The van der Waals surface area contributed by atoms with Gasteiger partial charge in [-0.2, -0.15) is 5.26 Å². The molecule has 0 atom stereocenters. The Bertz CT molecular complexity index is 1410. The van der Waals surface area contributed by atoms with Crippen molar-refractivity contribution in [3.63, 3.8) is 0 Å². The molecule has 4 heteroatoms. The second-order valence-corrected chi connectivity index (χ2v) is 7.32. The number of aromatic hydroxyl groups is 1. The van der Waals surface area contributed by atoms with Gasteiger partial charge in [0.2, 0.25) is 0 Å². The van der Waals surface area contributed by atoms with Gasteiger partial charge in [-0.05, 0) is 29.3 Å². The van der Waals surface area contributed by atoms with Crippen molar-refractivity contribution in [2.45, 2.75) is 0 Å². The minimum Gasteiger partial charge on any atom is -0.506 e. The second-order valence-electron chi connectivity index (χ2n) is 6.88. The highest BCUT2D eigenvalue weighted by atomic mass is 35.5. The fraction of sp³-hybridized carbons (Fsp3) is 0. The number of nitriles is 1. The minimum absolute atomic E-state index is 0.0328. The van der Waals surface area contributed by atoms with Gasteiger partial charge in [-0.15, -0.1) is 0 Å². The summed E-state index contributed by atoms with van der Waals surface area (Å²) in [5.74, 6) is -0.0328. The van der Waals surface area contributed by atoms with Crippen LogP contribution in [0, 0.1) is 11.3 Å². The van der Waals surface area contributed by atoms with Gasteiger partial charge in [0.1, 0.15) is 17.4 Å². The predicted octanol–water partition coefficient (Wildman–Crippen LogP) is 6.89. The number of aromatic amines is 1. The molecular weight excluding hydrogens is 380 g/mol. The van der Waals surface area contributed by atoms with Gasteiger partial charge in [0.15, 0.2) is 0 Å². The molecule has 29 heavy (non-hydrogen) atoms. The van der Waals surface area contributed by atoms with Crippen molar-refractivity contribution in [3.8, 4) is 34.1 Å². The molecule has 5 aromatic rings. The van der Waals surface area contributed by atoms with Crippen LogP contribution in [0.4, 0.5) is 0 Å². The van der Waals surface area contributed by atoms with Crippen LogP contribution in [0.5, 0.6) is 5.75 Å². The van der Waals surface area contributed by atoms with Crippen LogP contribution in [-0.4, -0.2) is 10.1 Å². The van der Waals surface area contributed by atoms with Crippen molar-refractivity contribution in [2.24, 2.45) is 0 Å². The molecule has 0 aliphatic rings. The number of H-pyrrole nitrogens is 1. The fourth-order valence-electron chi connectivity index (χ4n) is 3.99. The van der Waals surface area contributed by atoms with Crippen LogP contribution >= 0.6 is 11.6 Å². The van der Waals surface area contributed by atoms with Crippen LogP contribution in [0.2, 0.25) is 5.02 Å². The van der Waals surface area contributed by atoms with Gasteiger partial charge in [-0.3, -0.25) is 0 Å². The van der Waals surface area contributed by atoms with Crippen LogP contribution in [0.25, 0.3) is 44.1 Å². The lowest BCUT2D eigenvalue weighted by Crippen LogP contribution is -1.93. The quantitative estimate of drug-likeness (QED) is 0.342. The highest BCUT2D eigenvalue weighted by Crippen LogP contribution is 2.47. The molecule has 0 spiro atoms. The number of hydrogen-bond acceptors (Lipinski definition) is 2. The van der Waals surface area contributed by atoms with Crippen LogP contribution in [0.15, 0.2) is 78.9 Å². The Morgan fingerprint density at radius 2 is 1.45 bits per heavy atom. The van der Waals surface area contributed by atoms with Crippen LogP contribution in [0.1, 0.15) is 5.56 Å². The molecule has 4 aromatic carbocycles. The molecule has 0 amide bonds. The van der Waals surface area contributed by atoms with Crippen molar-refractivity contribution in [2.75, 3.05) is 0 Å². The van der Waals surface area contributed by atoms with Crippen molar-refractivity contribution >= 4 is 33.4 Å². The molecule has 0 fully saturated rings. The molecule has 0 bridgehead atoms. The predicted molar refractivity (Wildman–Crippen MR) is 118 cm³/mol. The molecule has 5 rings (SSSR count). The van der Waals surface area contributed by atoms with E-state index in [4.69, 9.17) is 11.6 Å². The molecule has 0 unspecified atom stereocenters. The van der Waals surface area contributed by atoms with E-state index in [1.807, 2.05) is 78.9 Å². The van der Waals surface area contributed by atoms with Crippen LogP contribution in [0.3, 0.4) is 0 Å². The van der Waals surface area contributed by atoms with E-state index < -0.39 is 0 Å². The molecule has 3 nitrogen and oxygen atoms in total. The first kappa shape index (κ1) is 17.4. The summed E-state index contributed by atoms with van der Waals surface area (Å²) in [6.45, 7) is 0. The first-order valence-electron chi connectivity index (χ1n) is 9.20. The Hall–Kier alpha value is -3.74. The summed E-state index contributed by atoms with van der Waals surface area (Å²) in [7, 11) is 0. The third kappa shape index (κ3) is 2.66. The standard InChI is InChI=1S/C25H15ClN2O/c26-17-11-12-20-18(13-17)23-24(28-20)22(16-9-5-2-6-10-16)21(19(14-27)25(23)29)15-7-3-1-4-8-15/h1-13,28-29H. The van der Waals surface area contributed by atoms with Gasteiger partial charge >= 0.3 is 0 Å². The number of fused-ring (bicyclic) bond motifs is 3. The van der Waals surface area contributed by atoms with E-state index in [2.05, 4.69) is 11.1 Å². The van der Waals surface area contributed by atoms with Crippen molar-refractivity contribution in [1.29, 1.82) is 5.26 Å². The largest absolute Gasteiger partial charge is 0.506 e. The Balaban J connectivity index is 2.06. The summed E-state index contributed by atoms with van der Waals surface area (Å²) in [5.41, 5.74) is 5.32. The zero-order valence-corrected chi connectivity index (χ0v) is 16.0. The number of rotatable bonds is 2. The SMILES string of the molecule is N#Cc1c(-c2ccccc2)c(-c2ccccc2)c2[nH]c3ccc(Cl)cc3c2c1O. The smallest absolute Gasteiger partial charge is 0.144 e. The van der Waals surface area contributed by atoms with Gasteiger partial charge in [0.25, 0.3) is 0 Å². The number of phenolic OH excluding ortho intramolecular Hbond substituents is 1. The summed E-state index contributed by atoms with van der Waals surface area (Å²) in [6.07, 6.45) is 0. The maximum absolute atomic E-state index is 11.2. The van der Waals surface area contributed by atoms with Crippen LogP contribution < -0.4 is 0 Å². The summed E-state index contributed by atoms with van der Waals surface area (Å²) in [6, 6.07) is 27.4. The highest BCUT2D eigenvalue weighted by molar-refractivity contribution is 6.32. The van der Waals surface area contributed by atoms with Crippen molar-refractivity contribution in [3.05, 3.63) is 89.4 Å². The fourth-order valence-corrected chi connectivity index (χ4v) is 4.16. The van der Waals surface area contributed by atoms with E-state index in [0.717, 1.165) is 33.1 Å². The summed E-state index contributed by atoms with van der Waals surface area (Å²) in [4.78, 5) is 3.45. The molecule has 2 N–H and O–H groups in total. The third-order valence-electron chi connectivity index (χ3n) is 5.22. The van der Waals surface area contributed by atoms with E-state index in [1.54, 1.807) is 0 Å². The van der Waals surface area contributed by atoms with E-state index >= 15 is 0 Å². The Morgan fingerprint density at radius 1 is 0.828 bits per heavy atom. The topological polar surface area (TPSA) is 59.8 Å². The molecular formula is C25H15ClN2O. The van der Waals surface area contributed by atoms with Crippen molar-refractivity contribution in [1.82, 2.24) is 4.98 Å². The lowest BCUT2D eigenvalue weighted by Gasteiger charge is -2.16. The molecule has 1 aromatic heterocycles. The van der Waals surface area contributed by atoms with E-state index in [1.165, 1.54) is 0 Å². The summed E-state index contributed by atoms with van der Waals surface area (Å²) >= 11 is 6.23. The van der Waals surface area contributed by atoms with Gasteiger partial charge in [0.05, 0.1) is 10.9 Å². The Kier molecular flexibility index (Phi) is 4.01. The maximum atomic E-state index is 11.2. The molecule has 0 saturated carbocycles. The van der Waals surface area contributed by atoms with Gasteiger partial charge < -0.3 is 10.1 Å². The number of aromatic nitrogens is 1. The van der Waals surface area contributed by atoms with Gasteiger partial charge in [-0.25, -0.2) is 0 Å². The monoisotopic (exact) mass is 394 g/mol. The second kappa shape index (κ2) is 6.70.